The fourth-order valence-electron chi connectivity index (χ4n) is 2.36. The van der Waals surface area contributed by atoms with E-state index in [1.165, 1.54) is 0 Å². The maximum absolute atomic E-state index is 5.99. The normalized spacial score (nSPS) is 10.6. The Hall–Kier alpha value is -2.53. The first-order valence-electron chi connectivity index (χ1n) is 7.06. The van der Waals surface area contributed by atoms with Crippen LogP contribution in [0.1, 0.15) is 5.56 Å². The van der Waals surface area contributed by atoms with Gasteiger partial charge in [0.05, 0.1) is 26.1 Å². The van der Waals surface area contributed by atoms with Crippen LogP contribution in [0.2, 0.25) is 0 Å². The highest BCUT2D eigenvalue weighted by molar-refractivity contribution is 6.17. The van der Waals surface area contributed by atoms with Crippen molar-refractivity contribution in [3.8, 4) is 28.4 Å². The second kappa shape index (κ2) is 6.71. The van der Waals surface area contributed by atoms with Gasteiger partial charge < -0.3 is 9.47 Å². The van der Waals surface area contributed by atoms with Gasteiger partial charge in [-0.05, 0) is 29.8 Å². The Morgan fingerprint density at radius 3 is 2.57 bits per heavy atom. The number of methoxy groups -OCH3 is 2. The van der Waals surface area contributed by atoms with E-state index in [0.717, 1.165) is 22.5 Å². The number of rotatable bonds is 5. The van der Waals surface area contributed by atoms with E-state index in [0.29, 0.717) is 17.4 Å². The van der Waals surface area contributed by atoms with Crippen molar-refractivity contribution in [2.45, 2.75) is 5.88 Å². The highest BCUT2D eigenvalue weighted by atomic mass is 35.5. The summed E-state index contributed by atoms with van der Waals surface area (Å²) in [6.07, 6.45) is 1.87. The van der Waals surface area contributed by atoms with Gasteiger partial charge in [0.2, 0.25) is 0 Å². The Labute approximate surface area is 139 Å². The van der Waals surface area contributed by atoms with Crippen molar-refractivity contribution >= 4 is 11.6 Å². The van der Waals surface area contributed by atoms with Gasteiger partial charge >= 0.3 is 0 Å². The predicted octanol–water partition coefficient (Wildman–Crippen LogP) is 3.69. The van der Waals surface area contributed by atoms with E-state index in [1.807, 2.05) is 48.7 Å². The summed E-state index contributed by atoms with van der Waals surface area (Å²) in [5.74, 6) is 1.75. The Morgan fingerprint density at radius 2 is 1.83 bits per heavy atom. The van der Waals surface area contributed by atoms with Gasteiger partial charge in [-0.25, -0.2) is 4.68 Å². The Balaban J connectivity index is 1.99. The zero-order valence-corrected chi connectivity index (χ0v) is 13.6. The third-order valence-corrected chi connectivity index (χ3v) is 3.84. The van der Waals surface area contributed by atoms with Crippen molar-refractivity contribution in [1.29, 1.82) is 0 Å². The molecule has 0 atom stereocenters. The van der Waals surface area contributed by atoms with Crippen molar-refractivity contribution in [2.75, 3.05) is 14.2 Å². The summed E-state index contributed by atoms with van der Waals surface area (Å²) in [6, 6.07) is 13.5. The number of ether oxygens (including phenoxy) is 2. The summed E-state index contributed by atoms with van der Waals surface area (Å²) < 4.78 is 12.3. The summed E-state index contributed by atoms with van der Waals surface area (Å²) in [5.41, 5.74) is 3.56. The van der Waals surface area contributed by atoms with E-state index >= 15 is 0 Å². The SMILES string of the molecule is COc1ccc(-c2cn(-c3ccccc3CCl)nn2)cc1OC. The molecule has 0 unspecified atom stereocenters. The number of aromatic nitrogens is 3. The van der Waals surface area contributed by atoms with E-state index in [4.69, 9.17) is 21.1 Å². The molecular formula is C17H16ClN3O2. The van der Waals surface area contributed by atoms with Gasteiger partial charge in [0.25, 0.3) is 0 Å². The smallest absolute Gasteiger partial charge is 0.161 e. The van der Waals surface area contributed by atoms with Crippen LogP contribution in [0.15, 0.2) is 48.7 Å². The molecule has 0 saturated carbocycles. The molecule has 0 amide bonds. The van der Waals surface area contributed by atoms with E-state index in [-0.39, 0.29) is 0 Å². The minimum absolute atomic E-state index is 0.418. The lowest BCUT2D eigenvalue weighted by Crippen LogP contribution is -1.98. The number of benzene rings is 2. The molecule has 0 N–H and O–H groups in total. The minimum Gasteiger partial charge on any atom is -0.493 e. The van der Waals surface area contributed by atoms with E-state index in [9.17, 15) is 0 Å². The van der Waals surface area contributed by atoms with Gasteiger partial charge in [0.15, 0.2) is 11.5 Å². The molecule has 3 rings (SSSR count). The molecule has 0 radical (unpaired) electrons. The third-order valence-electron chi connectivity index (χ3n) is 3.56. The first kappa shape index (κ1) is 15.4. The van der Waals surface area contributed by atoms with Crippen LogP contribution in [0.3, 0.4) is 0 Å². The molecule has 0 aliphatic carbocycles. The van der Waals surface area contributed by atoms with Crippen molar-refractivity contribution in [3.63, 3.8) is 0 Å². The third kappa shape index (κ3) is 3.00. The van der Waals surface area contributed by atoms with Crippen LogP contribution in [0.4, 0.5) is 0 Å². The van der Waals surface area contributed by atoms with Crippen LogP contribution in [-0.4, -0.2) is 29.2 Å². The molecule has 3 aromatic rings. The van der Waals surface area contributed by atoms with Crippen LogP contribution in [0.5, 0.6) is 11.5 Å². The molecule has 0 saturated heterocycles. The fourth-order valence-corrected chi connectivity index (χ4v) is 2.58. The van der Waals surface area contributed by atoms with Crippen LogP contribution >= 0.6 is 11.6 Å². The zero-order chi connectivity index (χ0) is 16.2. The molecule has 5 nitrogen and oxygen atoms in total. The first-order chi connectivity index (χ1) is 11.3. The maximum Gasteiger partial charge on any atom is 0.161 e. The summed E-state index contributed by atoms with van der Waals surface area (Å²) in [4.78, 5) is 0. The van der Waals surface area contributed by atoms with Gasteiger partial charge in [-0.2, -0.15) is 0 Å². The topological polar surface area (TPSA) is 49.2 Å². The number of nitrogens with zero attached hydrogens (tertiary/aromatic N) is 3. The van der Waals surface area contributed by atoms with E-state index < -0.39 is 0 Å². The number of alkyl halides is 1. The molecule has 2 aromatic carbocycles. The molecule has 0 bridgehead atoms. The molecule has 1 aromatic heterocycles. The fraction of sp³-hybridized carbons (Fsp3) is 0.176. The van der Waals surface area contributed by atoms with Crippen LogP contribution in [0.25, 0.3) is 16.9 Å². The molecule has 118 valence electrons. The quantitative estimate of drug-likeness (QED) is 0.670. The molecule has 0 spiro atoms. The zero-order valence-electron chi connectivity index (χ0n) is 12.9. The Bertz CT molecular complexity index is 817. The van der Waals surface area contributed by atoms with Crippen molar-refractivity contribution in [3.05, 3.63) is 54.2 Å². The highest BCUT2D eigenvalue weighted by Crippen LogP contribution is 2.31. The lowest BCUT2D eigenvalue weighted by Gasteiger charge is -2.08. The second-order valence-corrected chi connectivity index (χ2v) is 5.15. The van der Waals surface area contributed by atoms with Crippen LogP contribution in [0, 0.1) is 0 Å². The molecule has 0 fully saturated rings. The predicted molar refractivity (Wildman–Crippen MR) is 89.5 cm³/mol. The van der Waals surface area contributed by atoms with Gasteiger partial charge in [0.1, 0.15) is 5.69 Å². The summed E-state index contributed by atoms with van der Waals surface area (Å²) in [5, 5.41) is 8.45. The lowest BCUT2D eigenvalue weighted by molar-refractivity contribution is 0.355. The molecular weight excluding hydrogens is 314 g/mol. The number of para-hydroxylation sites is 1. The van der Waals surface area contributed by atoms with Crippen LogP contribution in [-0.2, 0) is 5.88 Å². The van der Waals surface area contributed by atoms with Crippen molar-refractivity contribution < 1.29 is 9.47 Å². The minimum atomic E-state index is 0.418. The largest absolute Gasteiger partial charge is 0.493 e. The highest BCUT2D eigenvalue weighted by Gasteiger charge is 2.11. The van der Waals surface area contributed by atoms with Crippen molar-refractivity contribution in [2.24, 2.45) is 0 Å². The molecule has 0 aliphatic heterocycles. The molecule has 0 aliphatic rings. The molecule has 1 heterocycles. The molecule has 6 heteroatoms. The average molecular weight is 330 g/mol. The first-order valence-corrected chi connectivity index (χ1v) is 7.59. The maximum atomic E-state index is 5.99. The van der Waals surface area contributed by atoms with Gasteiger partial charge in [-0.1, -0.05) is 23.4 Å². The lowest BCUT2D eigenvalue weighted by atomic mass is 10.1. The monoisotopic (exact) mass is 329 g/mol. The Kier molecular flexibility index (Phi) is 4.48. The number of hydrogen-bond donors (Lipinski definition) is 0. The van der Waals surface area contributed by atoms with Crippen molar-refractivity contribution in [1.82, 2.24) is 15.0 Å². The average Bonchev–Trinajstić information content (AvgIpc) is 3.11. The standard InChI is InChI=1S/C17H16ClN3O2/c1-22-16-8-7-12(9-17(16)23-2)14-11-21(20-19-14)15-6-4-3-5-13(15)10-18/h3-9,11H,10H2,1-2H3. The van der Waals surface area contributed by atoms with E-state index in [2.05, 4.69) is 10.3 Å². The number of halogens is 1. The molecule has 23 heavy (non-hydrogen) atoms. The van der Waals surface area contributed by atoms with E-state index in [1.54, 1.807) is 18.9 Å². The summed E-state index contributed by atoms with van der Waals surface area (Å²) in [6.45, 7) is 0. The Morgan fingerprint density at radius 1 is 1.04 bits per heavy atom. The second-order valence-electron chi connectivity index (χ2n) is 4.88. The van der Waals surface area contributed by atoms with Crippen LogP contribution < -0.4 is 9.47 Å². The summed E-state index contributed by atoms with van der Waals surface area (Å²) in [7, 11) is 3.21. The van der Waals surface area contributed by atoms with Gasteiger partial charge in [-0.3, -0.25) is 0 Å². The number of hydrogen-bond acceptors (Lipinski definition) is 4. The van der Waals surface area contributed by atoms with Gasteiger partial charge in [-0.15, -0.1) is 16.7 Å². The van der Waals surface area contributed by atoms with Gasteiger partial charge in [0, 0.05) is 11.4 Å². The summed E-state index contributed by atoms with van der Waals surface area (Å²) >= 11 is 5.99.